The summed E-state index contributed by atoms with van der Waals surface area (Å²) in [7, 11) is 0. The number of nitrogens with one attached hydrogen (secondary N) is 1. The maximum atomic E-state index is 12.5. The molecule has 0 saturated carbocycles. The summed E-state index contributed by atoms with van der Waals surface area (Å²) in [6.07, 6.45) is 2.65. The van der Waals surface area contributed by atoms with Gasteiger partial charge in [-0.1, -0.05) is 36.5 Å². The van der Waals surface area contributed by atoms with E-state index < -0.39 is 0 Å². The minimum Gasteiger partial charge on any atom is -0.352 e. The van der Waals surface area contributed by atoms with Crippen molar-refractivity contribution in [1.82, 2.24) is 9.88 Å². The van der Waals surface area contributed by atoms with Crippen LogP contribution in [0.3, 0.4) is 0 Å². The third kappa shape index (κ3) is 2.31. The molecule has 3 rings (SSSR count). The second-order valence-corrected chi connectivity index (χ2v) is 5.07. The highest BCUT2D eigenvalue weighted by atomic mass is 32.1. The van der Waals surface area contributed by atoms with Crippen molar-refractivity contribution in [3.8, 4) is 0 Å². The zero-order valence-electron chi connectivity index (χ0n) is 10.4. The molecule has 0 fully saturated rings. The monoisotopic (exact) mass is 270 g/mol. The molecule has 1 amide bonds. The number of pyridine rings is 1. The number of carbonyl (C=O) groups excluding carboxylic acids is 1. The minimum atomic E-state index is 0.0105. The van der Waals surface area contributed by atoms with Gasteiger partial charge in [0.2, 0.25) is 0 Å². The smallest absolute Gasteiger partial charge is 0.257 e. The van der Waals surface area contributed by atoms with Crippen molar-refractivity contribution in [2.24, 2.45) is 0 Å². The number of H-pyrrole nitrogens is 1. The van der Waals surface area contributed by atoms with E-state index >= 15 is 0 Å². The van der Waals surface area contributed by atoms with Crippen molar-refractivity contribution in [2.75, 3.05) is 6.54 Å². The van der Waals surface area contributed by atoms with Crippen LogP contribution in [-0.4, -0.2) is 22.3 Å². The summed E-state index contributed by atoms with van der Waals surface area (Å²) in [5.74, 6) is 0.0105. The Bertz CT molecular complexity index is 678. The van der Waals surface area contributed by atoms with Gasteiger partial charge in [-0.05, 0) is 29.7 Å². The van der Waals surface area contributed by atoms with E-state index in [1.165, 1.54) is 11.1 Å². The third-order valence-corrected chi connectivity index (χ3v) is 3.80. The fraction of sp³-hybridized carbons (Fsp3) is 0.200. The fourth-order valence-electron chi connectivity index (χ4n) is 2.43. The van der Waals surface area contributed by atoms with Crippen molar-refractivity contribution >= 4 is 18.1 Å². The molecule has 0 aliphatic carbocycles. The number of aromatic nitrogens is 1. The lowest BCUT2D eigenvalue weighted by atomic mass is 9.99. The van der Waals surface area contributed by atoms with Gasteiger partial charge in [0.15, 0.2) is 0 Å². The first kappa shape index (κ1) is 12.1. The maximum Gasteiger partial charge on any atom is 0.257 e. The normalized spacial score (nSPS) is 14.0. The van der Waals surface area contributed by atoms with Crippen LogP contribution in [0.2, 0.25) is 0 Å². The second-order valence-electron chi connectivity index (χ2n) is 4.66. The molecule has 1 N–H and O–H groups in total. The predicted octanol–water partition coefficient (Wildman–Crippen LogP) is 2.94. The molecule has 2 aromatic rings. The zero-order chi connectivity index (χ0) is 13.2. The highest BCUT2D eigenvalue weighted by Crippen LogP contribution is 2.20. The molecule has 3 nitrogen and oxygen atoms in total. The predicted molar refractivity (Wildman–Crippen MR) is 76.5 cm³/mol. The van der Waals surface area contributed by atoms with Crippen LogP contribution in [0.1, 0.15) is 21.5 Å². The number of aromatic amines is 1. The standard InChI is InChI=1S/C15H14N2OS/c18-15(13-6-3-8-16-14(13)19)17-9-7-11-4-1-2-5-12(11)10-17/h1-6,8H,7,9-10H2,(H,16,19). The summed E-state index contributed by atoms with van der Waals surface area (Å²) in [5.41, 5.74) is 3.15. The molecule has 1 aromatic carbocycles. The summed E-state index contributed by atoms with van der Waals surface area (Å²) in [4.78, 5) is 17.2. The Labute approximate surface area is 116 Å². The number of hydrogen-bond acceptors (Lipinski definition) is 2. The van der Waals surface area contributed by atoms with Crippen LogP contribution in [-0.2, 0) is 13.0 Å². The summed E-state index contributed by atoms with van der Waals surface area (Å²) >= 11 is 5.17. The van der Waals surface area contributed by atoms with E-state index in [2.05, 4.69) is 17.1 Å². The van der Waals surface area contributed by atoms with Crippen molar-refractivity contribution in [3.63, 3.8) is 0 Å². The Balaban J connectivity index is 1.88. The molecule has 0 bridgehead atoms. The van der Waals surface area contributed by atoms with Gasteiger partial charge < -0.3 is 9.88 Å². The molecule has 0 saturated heterocycles. The minimum absolute atomic E-state index is 0.0105. The molecule has 0 spiro atoms. The number of benzene rings is 1. The molecule has 0 radical (unpaired) electrons. The lowest BCUT2D eigenvalue weighted by Gasteiger charge is -2.28. The maximum absolute atomic E-state index is 12.5. The molecule has 4 heteroatoms. The van der Waals surface area contributed by atoms with E-state index in [-0.39, 0.29) is 5.91 Å². The van der Waals surface area contributed by atoms with Crippen LogP contribution >= 0.6 is 12.2 Å². The Kier molecular flexibility index (Phi) is 3.17. The molecule has 0 atom stereocenters. The lowest BCUT2D eigenvalue weighted by Crippen LogP contribution is -2.36. The van der Waals surface area contributed by atoms with E-state index in [4.69, 9.17) is 12.2 Å². The van der Waals surface area contributed by atoms with Crippen LogP contribution in [0.5, 0.6) is 0 Å². The van der Waals surface area contributed by atoms with Crippen LogP contribution in [0.25, 0.3) is 0 Å². The van der Waals surface area contributed by atoms with Gasteiger partial charge in [-0.2, -0.15) is 0 Å². The number of rotatable bonds is 1. The fourth-order valence-corrected chi connectivity index (χ4v) is 2.65. The SMILES string of the molecule is O=C(c1ccc[nH]c1=S)N1CCc2ccccc2C1. The zero-order valence-corrected chi connectivity index (χ0v) is 11.2. The first-order valence-electron chi connectivity index (χ1n) is 6.29. The number of amides is 1. The summed E-state index contributed by atoms with van der Waals surface area (Å²) < 4.78 is 0.506. The largest absolute Gasteiger partial charge is 0.352 e. The van der Waals surface area contributed by atoms with Crippen LogP contribution in [0.15, 0.2) is 42.6 Å². The highest BCUT2D eigenvalue weighted by Gasteiger charge is 2.22. The van der Waals surface area contributed by atoms with Crippen molar-refractivity contribution in [3.05, 3.63) is 63.9 Å². The van der Waals surface area contributed by atoms with Gasteiger partial charge in [-0.25, -0.2) is 0 Å². The van der Waals surface area contributed by atoms with Crippen molar-refractivity contribution < 1.29 is 4.79 Å². The summed E-state index contributed by atoms with van der Waals surface area (Å²) in [6, 6.07) is 11.9. The Morgan fingerprint density at radius 1 is 1.16 bits per heavy atom. The molecular weight excluding hydrogens is 256 g/mol. The molecule has 1 aromatic heterocycles. The van der Waals surface area contributed by atoms with Gasteiger partial charge in [-0.3, -0.25) is 4.79 Å². The third-order valence-electron chi connectivity index (χ3n) is 3.47. The average molecular weight is 270 g/mol. The molecule has 1 aliphatic heterocycles. The van der Waals surface area contributed by atoms with E-state index in [9.17, 15) is 4.79 Å². The molecule has 2 heterocycles. The molecule has 1 aliphatic rings. The van der Waals surface area contributed by atoms with Crippen LogP contribution < -0.4 is 0 Å². The lowest BCUT2D eigenvalue weighted by molar-refractivity contribution is 0.0733. The van der Waals surface area contributed by atoms with Crippen molar-refractivity contribution in [2.45, 2.75) is 13.0 Å². The Morgan fingerprint density at radius 2 is 1.95 bits per heavy atom. The topological polar surface area (TPSA) is 36.1 Å². The number of carbonyl (C=O) groups is 1. The summed E-state index contributed by atoms with van der Waals surface area (Å²) in [6.45, 7) is 1.41. The van der Waals surface area contributed by atoms with Crippen LogP contribution in [0, 0.1) is 4.64 Å². The quantitative estimate of drug-likeness (QED) is 0.809. The van der Waals surface area contributed by atoms with Gasteiger partial charge in [0.1, 0.15) is 4.64 Å². The molecule has 19 heavy (non-hydrogen) atoms. The Morgan fingerprint density at radius 3 is 2.74 bits per heavy atom. The summed E-state index contributed by atoms with van der Waals surface area (Å²) in [5, 5.41) is 0. The molecular formula is C15H14N2OS. The molecule has 0 unspecified atom stereocenters. The number of hydrogen-bond donors (Lipinski definition) is 1. The van der Waals surface area contributed by atoms with E-state index in [0.717, 1.165) is 13.0 Å². The second kappa shape index (κ2) is 4.97. The van der Waals surface area contributed by atoms with E-state index in [1.54, 1.807) is 18.3 Å². The first-order valence-corrected chi connectivity index (χ1v) is 6.70. The number of nitrogens with zero attached hydrogens (tertiary/aromatic N) is 1. The van der Waals surface area contributed by atoms with Gasteiger partial charge >= 0.3 is 0 Å². The highest BCUT2D eigenvalue weighted by molar-refractivity contribution is 7.71. The number of fused-ring (bicyclic) bond motifs is 1. The Hall–Kier alpha value is -1.94. The average Bonchev–Trinajstić information content (AvgIpc) is 2.46. The van der Waals surface area contributed by atoms with Crippen LogP contribution in [0.4, 0.5) is 0 Å². The first-order chi connectivity index (χ1) is 9.25. The van der Waals surface area contributed by atoms with E-state index in [1.807, 2.05) is 17.0 Å². The van der Waals surface area contributed by atoms with Gasteiger partial charge in [0.25, 0.3) is 5.91 Å². The van der Waals surface area contributed by atoms with Crippen molar-refractivity contribution in [1.29, 1.82) is 0 Å². The van der Waals surface area contributed by atoms with Gasteiger partial charge in [0, 0.05) is 19.3 Å². The van der Waals surface area contributed by atoms with E-state index in [0.29, 0.717) is 16.7 Å². The van der Waals surface area contributed by atoms with Gasteiger partial charge in [0.05, 0.1) is 5.56 Å². The molecule has 96 valence electrons. The van der Waals surface area contributed by atoms with Gasteiger partial charge in [-0.15, -0.1) is 0 Å².